The number of benzene rings is 2. The van der Waals surface area contributed by atoms with Gasteiger partial charge in [-0.1, -0.05) is 62.1 Å². The number of amides is 2. The Balaban J connectivity index is 1.36. The van der Waals surface area contributed by atoms with E-state index >= 15 is 0 Å². The molecule has 4 rings (SSSR count). The Hall–Kier alpha value is -2.78. The summed E-state index contributed by atoms with van der Waals surface area (Å²) in [5, 5.41) is 15.2. The maximum Gasteiger partial charge on any atom is 0.224 e. The molecular weight excluding hydrogens is 518 g/mol. The molecule has 0 unspecified atom stereocenters. The number of anilines is 1. The van der Waals surface area contributed by atoms with Crippen LogP contribution in [0, 0.1) is 0 Å². The van der Waals surface area contributed by atoms with E-state index in [0.717, 1.165) is 67.7 Å². The molecule has 2 aromatic carbocycles. The zero-order valence-electron chi connectivity index (χ0n) is 24.5. The number of carbonyl (C=O) groups excluding carboxylic acids is 2. The lowest BCUT2D eigenvalue weighted by molar-refractivity contribution is -0.253. The first kappa shape index (κ1) is 31.2. The first-order valence-corrected chi connectivity index (χ1v) is 15.4. The van der Waals surface area contributed by atoms with Gasteiger partial charge in [0, 0.05) is 44.1 Å². The Bertz CT molecular complexity index is 1070. The van der Waals surface area contributed by atoms with Crippen LogP contribution in [-0.4, -0.2) is 54.1 Å². The highest BCUT2D eigenvalue weighted by Crippen LogP contribution is 2.38. The Morgan fingerprint density at radius 3 is 2.24 bits per heavy atom. The molecule has 0 spiro atoms. The third-order valence-electron chi connectivity index (χ3n) is 7.95. The molecule has 2 saturated heterocycles. The van der Waals surface area contributed by atoms with Crippen LogP contribution in [0.5, 0.6) is 0 Å². The maximum atomic E-state index is 12.4. The Morgan fingerprint density at radius 1 is 0.878 bits per heavy atom. The van der Waals surface area contributed by atoms with Crippen LogP contribution in [0.25, 0.3) is 0 Å². The van der Waals surface area contributed by atoms with Crippen molar-refractivity contribution >= 4 is 17.5 Å². The molecule has 0 aliphatic carbocycles. The quantitative estimate of drug-likeness (QED) is 0.289. The van der Waals surface area contributed by atoms with Crippen LogP contribution in [0.1, 0.15) is 100 Å². The monoisotopic (exact) mass is 565 g/mol. The van der Waals surface area contributed by atoms with E-state index < -0.39 is 6.29 Å². The van der Waals surface area contributed by atoms with Crippen LogP contribution in [-0.2, 0) is 25.7 Å². The predicted octanol–water partition coefficient (Wildman–Crippen LogP) is 5.63. The highest BCUT2D eigenvalue weighted by atomic mass is 16.7. The van der Waals surface area contributed by atoms with Gasteiger partial charge in [-0.2, -0.15) is 0 Å². The first-order chi connectivity index (χ1) is 20.0. The molecule has 2 aliphatic rings. The summed E-state index contributed by atoms with van der Waals surface area (Å²) in [6.45, 7) is 5.31. The lowest BCUT2D eigenvalue weighted by Crippen LogP contribution is -2.40. The summed E-state index contributed by atoms with van der Waals surface area (Å²) in [6.07, 6.45) is 9.64. The number of aliphatic hydroxyl groups excluding tert-OH is 1. The van der Waals surface area contributed by atoms with Gasteiger partial charge in [-0.05, 0) is 62.0 Å². The van der Waals surface area contributed by atoms with Crippen molar-refractivity contribution in [2.24, 2.45) is 0 Å². The zero-order chi connectivity index (χ0) is 28.9. The van der Waals surface area contributed by atoms with Crippen molar-refractivity contribution in [2.45, 2.75) is 96.2 Å². The van der Waals surface area contributed by atoms with Crippen LogP contribution in [0.3, 0.4) is 0 Å². The number of nitrogens with zero attached hydrogens (tertiary/aromatic N) is 1. The van der Waals surface area contributed by atoms with Crippen LogP contribution < -0.4 is 10.6 Å². The topological polar surface area (TPSA) is 100 Å². The first-order valence-electron chi connectivity index (χ1n) is 15.4. The summed E-state index contributed by atoms with van der Waals surface area (Å²) in [6, 6.07) is 15.8. The standard InChI is InChI=1S/C33H47N3O5/c1-25(38)34-19-7-5-6-10-32(39)35-29-17-15-28(16-18-29)33-40-30(23-36-20-8-3-2-4-9-21-36)22-31(41-33)27-13-11-26(24-37)12-14-27/h11-18,30-31,33,37H,2-10,19-24H2,1H3,(H,34,38)(H,35,39)/t30-,31+,33+/m1/s1. The fourth-order valence-electron chi connectivity index (χ4n) is 5.62. The lowest BCUT2D eigenvalue weighted by Gasteiger charge is -2.38. The molecule has 0 radical (unpaired) electrons. The molecule has 0 bridgehead atoms. The van der Waals surface area contributed by atoms with Crippen molar-refractivity contribution in [3.63, 3.8) is 0 Å². The van der Waals surface area contributed by atoms with Gasteiger partial charge < -0.3 is 30.1 Å². The van der Waals surface area contributed by atoms with Gasteiger partial charge in [-0.15, -0.1) is 0 Å². The smallest absolute Gasteiger partial charge is 0.224 e. The summed E-state index contributed by atoms with van der Waals surface area (Å²) >= 11 is 0. The average Bonchev–Trinajstić information content (AvgIpc) is 2.96. The Labute approximate surface area is 244 Å². The summed E-state index contributed by atoms with van der Waals surface area (Å²) in [5.74, 6) is -0.0344. The molecule has 224 valence electrons. The van der Waals surface area contributed by atoms with Crippen molar-refractivity contribution in [1.82, 2.24) is 10.2 Å². The van der Waals surface area contributed by atoms with Crippen molar-refractivity contribution in [3.8, 4) is 0 Å². The van der Waals surface area contributed by atoms with Gasteiger partial charge in [-0.25, -0.2) is 0 Å². The van der Waals surface area contributed by atoms with Crippen molar-refractivity contribution in [2.75, 3.05) is 31.5 Å². The second-order valence-corrected chi connectivity index (χ2v) is 11.4. The van der Waals surface area contributed by atoms with E-state index in [-0.39, 0.29) is 30.6 Å². The molecule has 2 aliphatic heterocycles. The summed E-state index contributed by atoms with van der Waals surface area (Å²) in [7, 11) is 0. The molecule has 0 aromatic heterocycles. The highest BCUT2D eigenvalue weighted by Gasteiger charge is 2.33. The largest absolute Gasteiger partial charge is 0.392 e. The number of carbonyl (C=O) groups is 2. The van der Waals surface area contributed by atoms with Gasteiger partial charge in [0.2, 0.25) is 11.8 Å². The minimum absolute atomic E-state index is 0.0119. The molecule has 3 N–H and O–H groups in total. The number of rotatable bonds is 12. The number of nitrogens with one attached hydrogen (secondary N) is 2. The van der Waals surface area contributed by atoms with Crippen LogP contribution in [0.4, 0.5) is 5.69 Å². The second-order valence-electron chi connectivity index (χ2n) is 11.4. The molecule has 0 saturated carbocycles. The fourth-order valence-corrected chi connectivity index (χ4v) is 5.62. The van der Waals surface area contributed by atoms with Gasteiger partial charge >= 0.3 is 0 Å². The summed E-state index contributed by atoms with van der Waals surface area (Å²) in [4.78, 5) is 25.9. The van der Waals surface area contributed by atoms with Gasteiger partial charge in [0.25, 0.3) is 0 Å². The van der Waals surface area contributed by atoms with E-state index in [1.54, 1.807) is 0 Å². The lowest BCUT2D eigenvalue weighted by atomic mass is 9.99. The van der Waals surface area contributed by atoms with Crippen molar-refractivity contribution < 1.29 is 24.2 Å². The van der Waals surface area contributed by atoms with E-state index in [0.29, 0.717) is 13.0 Å². The number of aliphatic hydroxyl groups is 1. The maximum absolute atomic E-state index is 12.4. The van der Waals surface area contributed by atoms with Crippen molar-refractivity contribution in [1.29, 1.82) is 0 Å². The summed E-state index contributed by atoms with van der Waals surface area (Å²) < 4.78 is 13.0. The number of likely N-dealkylation sites (tertiary alicyclic amines) is 1. The third-order valence-corrected chi connectivity index (χ3v) is 7.95. The molecule has 2 fully saturated rings. The van der Waals surface area contributed by atoms with E-state index in [1.165, 1.54) is 39.0 Å². The number of hydrogen-bond acceptors (Lipinski definition) is 6. The predicted molar refractivity (Wildman–Crippen MR) is 160 cm³/mol. The molecule has 8 nitrogen and oxygen atoms in total. The molecule has 2 amide bonds. The molecular formula is C33H47N3O5. The van der Waals surface area contributed by atoms with E-state index in [2.05, 4.69) is 15.5 Å². The Kier molecular flexibility index (Phi) is 12.6. The van der Waals surface area contributed by atoms with Crippen LogP contribution in [0.2, 0.25) is 0 Å². The molecule has 41 heavy (non-hydrogen) atoms. The summed E-state index contributed by atoms with van der Waals surface area (Å²) in [5.41, 5.74) is 3.66. The SMILES string of the molecule is CC(=O)NCCCCCC(=O)Nc1ccc([C@H]2O[C@@H](CN3CCCCCCC3)C[C@@H](c3ccc(CO)cc3)O2)cc1. The Morgan fingerprint density at radius 2 is 1.56 bits per heavy atom. The number of ether oxygens (including phenoxy) is 2. The number of unbranched alkanes of at least 4 members (excludes halogenated alkanes) is 2. The molecule has 3 atom stereocenters. The third kappa shape index (κ3) is 10.5. The molecule has 8 heteroatoms. The van der Waals surface area contributed by atoms with E-state index in [9.17, 15) is 14.7 Å². The molecule has 2 aromatic rings. The number of hydrogen-bond donors (Lipinski definition) is 3. The van der Waals surface area contributed by atoms with Gasteiger partial charge in [0.05, 0.1) is 18.8 Å². The fraction of sp³-hybridized carbons (Fsp3) is 0.576. The van der Waals surface area contributed by atoms with Crippen LogP contribution >= 0.6 is 0 Å². The minimum atomic E-state index is -0.501. The van der Waals surface area contributed by atoms with E-state index in [1.807, 2.05) is 48.5 Å². The van der Waals surface area contributed by atoms with Crippen molar-refractivity contribution in [3.05, 3.63) is 65.2 Å². The van der Waals surface area contributed by atoms with Crippen LogP contribution in [0.15, 0.2) is 48.5 Å². The van der Waals surface area contributed by atoms with Gasteiger partial charge in [0.15, 0.2) is 6.29 Å². The van der Waals surface area contributed by atoms with Gasteiger partial charge in [-0.3, -0.25) is 9.59 Å². The van der Waals surface area contributed by atoms with E-state index in [4.69, 9.17) is 9.47 Å². The second kappa shape index (κ2) is 16.6. The molecule has 2 heterocycles. The highest BCUT2D eigenvalue weighted by molar-refractivity contribution is 5.90. The minimum Gasteiger partial charge on any atom is -0.392 e. The zero-order valence-corrected chi connectivity index (χ0v) is 24.5. The van der Waals surface area contributed by atoms with Gasteiger partial charge in [0.1, 0.15) is 0 Å². The average molecular weight is 566 g/mol. The normalized spacial score (nSPS) is 22.0.